The second kappa shape index (κ2) is 8.32. The van der Waals surface area contributed by atoms with E-state index in [0.717, 1.165) is 11.1 Å². The van der Waals surface area contributed by atoms with Crippen LogP contribution in [0, 0.1) is 0 Å². The van der Waals surface area contributed by atoms with Crippen molar-refractivity contribution in [2.45, 2.75) is 18.9 Å². The van der Waals surface area contributed by atoms with Gasteiger partial charge in [0, 0.05) is 23.1 Å². The van der Waals surface area contributed by atoms with Crippen LogP contribution in [0.5, 0.6) is 0 Å². The largest absolute Gasteiger partial charge is 0.366 e. The molecule has 4 heteroatoms. The van der Waals surface area contributed by atoms with Crippen molar-refractivity contribution in [1.29, 1.82) is 0 Å². The third kappa shape index (κ3) is 4.42. The van der Waals surface area contributed by atoms with Crippen LogP contribution >= 0.6 is 0 Å². The van der Waals surface area contributed by atoms with Crippen LogP contribution in [0.1, 0.15) is 44.7 Å². The molecular weight excluding hydrogens is 336 g/mol. The van der Waals surface area contributed by atoms with Crippen molar-refractivity contribution in [2.75, 3.05) is 0 Å². The summed E-state index contributed by atoms with van der Waals surface area (Å²) < 4.78 is 0. The van der Waals surface area contributed by atoms with E-state index in [1.165, 1.54) is 6.07 Å². The van der Waals surface area contributed by atoms with Crippen LogP contribution in [-0.2, 0) is 0 Å². The molecule has 3 aromatic carbocycles. The minimum atomic E-state index is -0.552. The number of rotatable bonds is 6. The van der Waals surface area contributed by atoms with Gasteiger partial charge in [-0.3, -0.25) is 9.59 Å². The lowest BCUT2D eigenvalue weighted by Crippen LogP contribution is -2.37. The molecule has 0 spiro atoms. The van der Waals surface area contributed by atoms with Gasteiger partial charge in [0.1, 0.15) is 0 Å². The average molecular weight is 358 g/mol. The standard InChI is InChI=1S/C23H22N2O2/c1-16(25-23(27)20-14-8-13-19(15-20)22(24)26)21(17-9-4-2-5-10-17)18-11-6-3-7-12-18/h2-16,21H,1H3,(H2,24,26)(H,25,27)/t16-/m0/s1. The van der Waals surface area contributed by atoms with Gasteiger partial charge in [0.2, 0.25) is 5.91 Å². The number of benzene rings is 3. The lowest BCUT2D eigenvalue weighted by Gasteiger charge is -2.26. The fourth-order valence-electron chi connectivity index (χ4n) is 3.28. The SMILES string of the molecule is C[C@H](NC(=O)c1cccc(C(N)=O)c1)C(c1ccccc1)c1ccccc1. The number of nitrogens with one attached hydrogen (secondary N) is 1. The minimum absolute atomic E-state index is 0.00988. The van der Waals surface area contributed by atoms with Gasteiger partial charge in [-0.2, -0.15) is 0 Å². The van der Waals surface area contributed by atoms with Gasteiger partial charge >= 0.3 is 0 Å². The van der Waals surface area contributed by atoms with Crippen LogP contribution in [-0.4, -0.2) is 17.9 Å². The van der Waals surface area contributed by atoms with Crippen molar-refractivity contribution >= 4 is 11.8 Å². The molecule has 0 saturated carbocycles. The van der Waals surface area contributed by atoms with Gasteiger partial charge in [0.05, 0.1) is 0 Å². The Morgan fingerprint density at radius 3 is 1.81 bits per heavy atom. The predicted octanol–water partition coefficient (Wildman–Crippen LogP) is 3.74. The minimum Gasteiger partial charge on any atom is -0.366 e. The van der Waals surface area contributed by atoms with E-state index in [2.05, 4.69) is 29.6 Å². The van der Waals surface area contributed by atoms with Crippen molar-refractivity contribution in [3.05, 3.63) is 107 Å². The molecule has 3 rings (SSSR count). The van der Waals surface area contributed by atoms with E-state index < -0.39 is 5.91 Å². The Hall–Kier alpha value is -3.40. The quantitative estimate of drug-likeness (QED) is 0.705. The molecule has 3 aromatic rings. The molecule has 0 aliphatic heterocycles. The van der Waals surface area contributed by atoms with Gasteiger partial charge in [-0.1, -0.05) is 66.7 Å². The lowest BCUT2D eigenvalue weighted by atomic mass is 9.85. The first kappa shape index (κ1) is 18.4. The number of amides is 2. The third-order valence-electron chi connectivity index (χ3n) is 4.59. The van der Waals surface area contributed by atoms with Gasteiger partial charge in [-0.15, -0.1) is 0 Å². The van der Waals surface area contributed by atoms with Crippen molar-refractivity contribution in [1.82, 2.24) is 5.32 Å². The number of carbonyl (C=O) groups excluding carboxylic acids is 2. The summed E-state index contributed by atoms with van der Waals surface area (Å²) in [6, 6.07) is 26.5. The maximum absolute atomic E-state index is 12.7. The average Bonchev–Trinajstić information content (AvgIpc) is 2.70. The summed E-state index contributed by atoms with van der Waals surface area (Å²) >= 11 is 0. The Bertz CT molecular complexity index is 884. The summed E-state index contributed by atoms with van der Waals surface area (Å²) in [5, 5.41) is 3.07. The third-order valence-corrected chi connectivity index (χ3v) is 4.59. The molecule has 0 fully saturated rings. The normalized spacial score (nSPS) is 11.8. The van der Waals surface area contributed by atoms with Gasteiger partial charge in [-0.05, 0) is 36.2 Å². The monoisotopic (exact) mass is 358 g/mol. The number of hydrogen-bond acceptors (Lipinski definition) is 2. The first-order valence-electron chi connectivity index (χ1n) is 8.87. The van der Waals surface area contributed by atoms with E-state index in [0.29, 0.717) is 11.1 Å². The number of carbonyl (C=O) groups is 2. The molecule has 27 heavy (non-hydrogen) atoms. The van der Waals surface area contributed by atoms with Crippen LogP contribution in [0.2, 0.25) is 0 Å². The number of primary amides is 1. The molecule has 0 aliphatic carbocycles. The summed E-state index contributed by atoms with van der Waals surface area (Å²) in [5.74, 6) is -0.776. The van der Waals surface area contributed by atoms with E-state index in [1.54, 1.807) is 18.2 Å². The van der Waals surface area contributed by atoms with Crippen molar-refractivity contribution in [2.24, 2.45) is 5.73 Å². The number of nitrogens with two attached hydrogens (primary N) is 1. The molecule has 0 unspecified atom stereocenters. The highest BCUT2D eigenvalue weighted by Crippen LogP contribution is 2.28. The Morgan fingerprint density at radius 2 is 1.30 bits per heavy atom. The summed E-state index contributed by atoms with van der Waals surface area (Å²) in [7, 11) is 0. The molecule has 4 nitrogen and oxygen atoms in total. The second-order valence-electron chi connectivity index (χ2n) is 6.51. The Labute approximate surface area is 159 Å². The van der Waals surface area contributed by atoms with Gasteiger partial charge in [0.25, 0.3) is 5.91 Å². The Morgan fingerprint density at radius 1 is 0.778 bits per heavy atom. The highest BCUT2D eigenvalue weighted by molar-refractivity contribution is 5.99. The molecule has 3 N–H and O–H groups in total. The molecule has 136 valence electrons. The van der Waals surface area contributed by atoms with Crippen molar-refractivity contribution < 1.29 is 9.59 Å². The van der Waals surface area contributed by atoms with Crippen LogP contribution in [0.4, 0.5) is 0 Å². The van der Waals surface area contributed by atoms with E-state index >= 15 is 0 Å². The number of hydrogen-bond donors (Lipinski definition) is 2. The molecule has 1 atom stereocenters. The van der Waals surface area contributed by atoms with Crippen LogP contribution in [0.15, 0.2) is 84.9 Å². The first-order valence-corrected chi connectivity index (χ1v) is 8.87. The second-order valence-corrected chi connectivity index (χ2v) is 6.51. The zero-order valence-electron chi connectivity index (χ0n) is 15.1. The first-order chi connectivity index (χ1) is 13.1. The molecule has 0 radical (unpaired) electrons. The molecular formula is C23H22N2O2. The summed E-state index contributed by atoms with van der Waals surface area (Å²) in [5.41, 5.74) is 8.30. The van der Waals surface area contributed by atoms with E-state index in [4.69, 9.17) is 5.73 Å². The summed E-state index contributed by atoms with van der Waals surface area (Å²) in [4.78, 5) is 24.1. The van der Waals surface area contributed by atoms with Crippen LogP contribution in [0.3, 0.4) is 0 Å². The highest BCUT2D eigenvalue weighted by Gasteiger charge is 2.23. The topological polar surface area (TPSA) is 72.2 Å². The Balaban J connectivity index is 1.87. The lowest BCUT2D eigenvalue weighted by molar-refractivity contribution is 0.0937. The Kier molecular flexibility index (Phi) is 5.67. The van der Waals surface area contributed by atoms with Crippen LogP contribution < -0.4 is 11.1 Å². The molecule has 0 aromatic heterocycles. The fraction of sp³-hybridized carbons (Fsp3) is 0.130. The molecule has 0 heterocycles. The fourth-order valence-corrected chi connectivity index (χ4v) is 3.28. The van der Waals surface area contributed by atoms with E-state index in [-0.39, 0.29) is 17.9 Å². The van der Waals surface area contributed by atoms with Crippen LogP contribution in [0.25, 0.3) is 0 Å². The van der Waals surface area contributed by atoms with Gasteiger partial charge < -0.3 is 11.1 Å². The summed E-state index contributed by atoms with van der Waals surface area (Å²) in [6.45, 7) is 1.99. The molecule has 0 saturated heterocycles. The smallest absolute Gasteiger partial charge is 0.251 e. The van der Waals surface area contributed by atoms with Crippen molar-refractivity contribution in [3.8, 4) is 0 Å². The molecule has 0 aliphatic rings. The maximum Gasteiger partial charge on any atom is 0.251 e. The van der Waals surface area contributed by atoms with Gasteiger partial charge in [0.15, 0.2) is 0 Å². The van der Waals surface area contributed by atoms with Crippen molar-refractivity contribution in [3.63, 3.8) is 0 Å². The zero-order valence-corrected chi connectivity index (χ0v) is 15.1. The molecule has 0 bridgehead atoms. The van der Waals surface area contributed by atoms with Gasteiger partial charge in [-0.25, -0.2) is 0 Å². The molecule has 2 amide bonds. The summed E-state index contributed by atoms with van der Waals surface area (Å²) in [6.07, 6.45) is 0. The zero-order chi connectivity index (χ0) is 19.2. The maximum atomic E-state index is 12.7. The van der Waals surface area contributed by atoms with E-state index in [1.807, 2.05) is 43.3 Å². The van der Waals surface area contributed by atoms with E-state index in [9.17, 15) is 9.59 Å². The highest BCUT2D eigenvalue weighted by atomic mass is 16.2. The predicted molar refractivity (Wildman–Crippen MR) is 107 cm³/mol.